The van der Waals surface area contributed by atoms with Crippen LogP contribution in [0.3, 0.4) is 0 Å². The second-order valence-electron chi connectivity index (χ2n) is 9.41. The standard InChI is InChI=1S/C26H28N2O6/c29-22(28-26(9-10-26)23(30)31)25(11-13-33-14-12-25)16-27-24(32)34-15-21-19-7-3-1-5-17(19)18-6-2-4-8-20(18)21/h1-8,21H,9-16H2,(H,27,32)(H,28,29)(H,30,31). The van der Waals surface area contributed by atoms with Crippen LogP contribution < -0.4 is 10.6 Å². The Balaban J connectivity index is 1.23. The van der Waals surface area contributed by atoms with Gasteiger partial charge in [-0.15, -0.1) is 0 Å². The molecule has 2 amide bonds. The highest BCUT2D eigenvalue weighted by molar-refractivity contribution is 5.92. The second kappa shape index (κ2) is 8.76. The lowest BCUT2D eigenvalue weighted by molar-refractivity contribution is -0.147. The van der Waals surface area contributed by atoms with Gasteiger partial charge in [-0.3, -0.25) is 4.79 Å². The number of carbonyl (C=O) groups is 3. The van der Waals surface area contributed by atoms with E-state index in [9.17, 15) is 19.5 Å². The van der Waals surface area contributed by atoms with Crippen LogP contribution in [0.5, 0.6) is 0 Å². The van der Waals surface area contributed by atoms with Crippen molar-refractivity contribution < 1.29 is 29.0 Å². The normalized spacial score (nSPS) is 19.4. The molecule has 0 aromatic heterocycles. The van der Waals surface area contributed by atoms with E-state index in [1.165, 1.54) is 0 Å². The number of amides is 2. The minimum atomic E-state index is -1.17. The first-order valence-corrected chi connectivity index (χ1v) is 11.7. The lowest BCUT2D eigenvalue weighted by Crippen LogP contribution is -2.55. The Labute approximate surface area is 197 Å². The van der Waals surface area contributed by atoms with Gasteiger partial charge in [-0.05, 0) is 47.9 Å². The number of aliphatic carboxylic acids is 1. The van der Waals surface area contributed by atoms with Crippen LogP contribution in [0.15, 0.2) is 48.5 Å². The first kappa shape index (κ1) is 22.4. The number of carbonyl (C=O) groups excluding carboxylic acids is 2. The van der Waals surface area contributed by atoms with E-state index < -0.39 is 23.0 Å². The predicted molar refractivity (Wildman–Crippen MR) is 123 cm³/mol. The highest BCUT2D eigenvalue weighted by atomic mass is 16.5. The fraction of sp³-hybridized carbons (Fsp3) is 0.423. The molecule has 3 aliphatic rings. The molecule has 3 N–H and O–H groups in total. The van der Waals surface area contributed by atoms with Crippen LogP contribution in [-0.2, 0) is 19.1 Å². The smallest absolute Gasteiger partial charge is 0.407 e. The van der Waals surface area contributed by atoms with Crippen molar-refractivity contribution in [3.8, 4) is 11.1 Å². The summed E-state index contributed by atoms with van der Waals surface area (Å²) in [6.07, 6.45) is 1.04. The van der Waals surface area contributed by atoms with Crippen LogP contribution in [-0.4, -0.2) is 55.0 Å². The maximum atomic E-state index is 13.1. The van der Waals surface area contributed by atoms with Gasteiger partial charge in [-0.2, -0.15) is 0 Å². The number of benzene rings is 2. The Bertz CT molecular complexity index is 1070. The van der Waals surface area contributed by atoms with Gasteiger partial charge in [0.15, 0.2) is 0 Å². The summed E-state index contributed by atoms with van der Waals surface area (Å²) in [6.45, 7) is 0.999. The molecule has 2 fully saturated rings. The number of alkyl carbamates (subject to hydrolysis) is 1. The zero-order valence-electron chi connectivity index (χ0n) is 18.8. The topological polar surface area (TPSA) is 114 Å². The third-order valence-electron chi connectivity index (χ3n) is 7.36. The Morgan fingerprint density at radius 2 is 1.53 bits per heavy atom. The average molecular weight is 465 g/mol. The summed E-state index contributed by atoms with van der Waals surface area (Å²) in [5.41, 5.74) is 2.45. The Kier molecular flexibility index (Phi) is 5.77. The summed E-state index contributed by atoms with van der Waals surface area (Å²) in [6, 6.07) is 16.2. The van der Waals surface area contributed by atoms with Gasteiger partial charge in [0, 0.05) is 25.7 Å². The summed E-state index contributed by atoms with van der Waals surface area (Å²) >= 11 is 0. The molecule has 0 bridgehead atoms. The van der Waals surface area contributed by atoms with Gasteiger partial charge in [0.2, 0.25) is 5.91 Å². The number of fused-ring (bicyclic) bond motifs is 3. The van der Waals surface area contributed by atoms with Gasteiger partial charge < -0.3 is 25.2 Å². The fourth-order valence-electron chi connectivity index (χ4n) is 5.00. The van der Waals surface area contributed by atoms with Crippen molar-refractivity contribution in [1.82, 2.24) is 10.6 Å². The third kappa shape index (κ3) is 4.03. The van der Waals surface area contributed by atoms with Gasteiger partial charge in [0.1, 0.15) is 12.1 Å². The summed E-state index contributed by atoms with van der Waals surface area (Å²) < 4.78 is 11.0. The molecule has 2 aliphatic carbocycles. The number of ether oxygens (including phenoxy) is 2. The number of hydrogen-bond donors (Lipinski definition) is 3. The van der Waals surface area contributed by atoms with Crippen molar-refractivity contribution in [1.29, 1.82) is 0 Å². The number of hydrogen-bond acceptors (Lipinski definition) is 5. The van der Waals surface area contributed by atoms with E-state index in [2.05, 4.69) is 34.9 Å². The first-order valence-electron chi connectivity index (χ1n) is 11.7. The molecule has 8 nitrogen and oxygen atoms in total. The van der Waals surface area contributed by atoms with Gasteiger partial charge >= 0.3 is 12.1 Å². The zero-order valence-corrected chi connectivity index (χ0v) is 18.8. The van der Waals surface area contributed by atoms with E-state index in [4.69, 9.17) is 9.47 Å². The second-order valence-corrected chi connectivity index (χ2v) is 9.41. The molecule has 34 heavy (non-hydrogen) atoms. The van der Waals surface area contributed by atoms with E-state index in [-0.39, 0.29) is 25.0 Å². The highest BCUT2D eigenvalue weighted by Crippen LogP contribution is 2.44. The van der Waals surface area contributed by atoms with Gasteiger partial charge in [0.25, 0.3) is 0 Å². The summed E-state index contributed by atoms with van der Waals surface area (Å²) in [4.78, 5) is 37.3. The SMILES string of the molecule is O=C(NCC1(C(=O)NC2(C(=O)O)CC2)CCOCC1)OCC1c2ccccc2-c2ccccc21. The van der Waals surface area contributed by atoms with Crippen molar-refractivity contribution in [2.75, 3.05) is 26.4 Å². The van der Waals surface area contributed by atoms with E-state index in [0.29, 0.717) is 38.9 Å². The lowest BCUT2D eigenvalue weighted by Gasteiger charge is -2.36. The number of carboxylic acid groups (broad SMARTS) is 1. The maximum absolute atomic E-state index is 13.1. The molecule has 1 aliphatic heterocycles. The molecule has 5 rings (SSSR count). The van der Waals surface area contributed by atoms with E-state index in [1.807, 2.05) is 24.3 Å². The molecular formula is C26H28N2O6. The largest absolute Gasteiger partial charge is 0.480 e. The highest BCUT2D eigenvalue weighted by Gasteiger charge is 2.54. The summed E-state index contributed by atoms with van der Waals surface area (Å²) in [5, 5.41) is 14.9. The van der Waals surface area contributed by atoms with Crippen LogP contribution in [0, 0.1) is 5.41 Å². The van der Waals surface area contributed by atoms with E-state index >= 15 is 0 Å². The van der Waals surface area contributed by atoms with E-state index in [0.717, 1.165) is 22.3 Å². The Morgan fingerprint density at radius 1 is 0.941 bits per heavy atom. The van der Waals surface area contributed by atoms with Crippen molar-refractivity contribution in [2.24, 2.45) is 5.41 Å². The summed E-state index contributed by atoms with van der Waals surface area (Å²) in [7, 11) is 0. The van der Waals surface area contributed by atoms with Crippen molar-refractivity contribution >= 4 is 18.0 Å². The molecule has 0 radical (unpaired) electrons. The lowest BCUT2D eigenvalue weighted by atomic mass is 9.79. The number of carboxylic acids is 1. The van der Waals surface area contributed by atoms with Gasteiger partial charge in [-0.25, -0.2) is 9.59 Å². The maximum Gasteiger partial charge on any atom is 0.407 e. The van der Waals surface area contributed by atoms with Crippen LogP contribution in [0.25, 0.3) is 11.1 Å². The molecule has 0 atom stereocenters. The Morgan fingerprint density at radius 3 is 2.09 bits per heavy atom. The van der Waals surface area contributed by atoms with Crippen LogP contribution in [0.1, 0.15) is 42.7 Å². The quantitative estimate of drug-likeness (QED) is 0.580. The zero-order chi connectivity index (χ0) is 23.8. The molecule has 1 saturated carbocycles. The molecule has 178 valence electrons. The first-order chi connectivity index (χ1) is 16.4. The van der Waals surface area contributed by atoms with Gasteiger partial charge in [-0.1, -0.05) is 48.5 Å². The van der Waals surface area contributed by atoms with Crippen molar-refractivity contribution in [3.63, 3.8) is 0 Å². The van der Waals surface area contributed by atoms with Crippen LogP contribution in [0.2, 0.25) is 0 Å². The third-order valence-corrected chi connectivity index (χ3v) is 7.36. The molecule has 2 aromatic rings. The predicted octanol–water partition coefficient (Wildman–Crippen LogP) is 3.06. The summed E-state index contributed by atoms with van der Waals surface area (Å²) in [5.74, 6) is -1.43. The minimum Gasteiger partial charge on any atom is -0.480 e. The van der Waals surface area contributed by atoms with Gasteiger partial charge in [0.05, 0.1) is 5.41 Å². The van der Waals surface area contributed by atoms with E-state index in [1.54, 1.807) is 0 Å². The fourth-order valence-corrected chi connectivity index (χ4v) is 5.00. The molecule has 1 saturated heterocycles. The number of rotatable bonds is 7. The van der Waals surface area contributed by atoms with Crippen LogP contribution >= 0.6 is 0 Å². The molecule has 0 unspecified atom stereocenters. The molecular weight excluding hydrogens is 436 g/mol. The van der Waals surface area contributed by atoms with Crippen LogP contribution in [0.4, 0.5) is 4.79 Å². The number of nitrogens with one attached hydrogen (secondary N) is 2. The molecule has 0 spiro atoms. The molecule has 1 heterocycles. The van der Waals surface area contributed by atoms with Crippen molar-refractivity contribution in [3.05, 3.63) is 59.7 Å². The Hall–Kier alpha value is -3.39. The monoisotopic (exact) mass is 464 g/mol. The van der Waals surface area contributed by atoms with Crippen molar-refractivity contribution in [2.45, 2.75) is 37.1 Å². The average Bonchev–Trinajstić information content (AvgIpc) is 3.58. The minimum absolute atomic E-state index is 0.0521. The molecule has 2 aromatic carbocycles. The molecule has 8 heteroatoms.